The summed E-state index contributed by atoms with van der Waals surface area (Å²) in [7, 11) is 0. The molecule has 0 atom stereocenters. The summed E-state index contributed by atoms with van der Waals surface area (Å²) in [6, 6.07) is 13.7. The fourth-order valence-electron chi connectivity index (χ4n) is 2.27. The van der Waals surface area contributed by atoms with Crippen molar-refractivity contribution >= 4 is 11.6 Å². The molecule has 0 saturated heterocycles. The van der Waals surface area contributed by atoms with Gasteiger partial charge in [0.05, 0.1) is 5.69 Å². The first-order chi connectivity index (χ1) is 10.6. The van der Waals surface area contributed by atoms with Crippen LogP contribution < -0.4 is 5.32 Å². The second-order valence-electron chi connectivity index (χ2n) is 5.78. The van der Waals surface area contributed by atoms with Gasteiger partial charge in [0, 0.05) is 30.1 Å². The Balaban J connectivity index is 1.89. The van der Waals surface area contributed by atoms with Gasteiger partial charge in [-0.05, 0) is 18.1 Å². The van der Waals surface area contributed by atoms with Gasteiger partial charge >= 0.3 is 0 Å². The van der Waals surface area contributed by atoms with E-state index < -0.39 is 0 Å². The molecule has 0 fully saturated rings. The van der Waals surface area contributed by atoms with Crippen LogP contribution in [0.5, 0.6) is 0 Å². The molecule has 4 nitrogen and oxygen atoms in total. The minimum Gasteiger partial charge on any atom is -0.352 e. The number of rotatable bonds is 4. The van der Waals surface area contributed by atoms with Gasteiger partial charge in [-0.1, -0.05) is 44.2 Å². The Hall–Kier alpha value is -2.62. The summed E-state index contributed by atoms with van der Waals surface area (Å²) in [6.07, 6.45) is 3.85. The van der Waals surface area contributed by atoms with Crippen LogP contribution >= 0.6 is 0 Å². The Morgan fingerprint density at radius 3 is 2.73 bits per heavy atom. The number of hydrogen-bond donors (Lipinski definition) is 1. The van der Waals surface area contributed by atoms with Gasteiger partial charge in [0.1, 0.15) is 5.65 Å². The van der Waals surface area contributed by atoms with E-state index in [0.29, 0.717) is 18.0 Å². The first-order valence-corrected chi connectivity index (χ1v) is 7.46. The summed E-state index contributed by atoms with van der Waals surface area (Å²) < 4.78 is 1.93. The molecule has 2 aromatic heterocycles. The number of carbonyl (C=O) groups is 1. The molecule has 0 aliphatic rings. The Morgan fingerprint density at radius 1 is 1.23 bits per heavy atom. The van der Waals surface area contributed by atoms with Crippen molar-refractivity contribution in [2.24, 2.45) is 5.92 Å². The summed E-state index contributed by atoms with van der Waals surface area (Å²) in [4.78, 5) is 16.7. The normalized spacial score (nSPS) is 11.0. The second kappa shape index (κ2) is 6.02. The molecule has 4 heteroatoms. The third-order valence-electron chi connectivity index (χ3n) is 3.46. The van der Waals surface area contributed by atoms with Gasteiger partial charge < -0.3 is 9.72 Å². The lowest BCUT2D eigenvalue weighted by atomic mass is 10.2. The van der Waals surface area contributed by atoms with Gasteiger partial charge in [0.15, 0.2) is 0 Å². The van der Waals surface area contributed by atoms with Crippen molar-refractivity contribution in [3.05, 3.63) is 60.4 Å². The van der Waals surface area contributed by atoms with E-state index in [1.54, 1.807) is 0 Å². The Kier molecular flexibility index (Phi) is 3.92. The number of fused-ring (bicyclic) bond motifs is 1. The van der Waals surface area contributed by atoms with E-state index in [9.17, 15) is 4.79 Å². The molecule has 1 aromatic carbocycles. The van der Waals surface area contributed by atoms with E-state index in [-0.39, 0.29) is 5.91 Å². The van der Waals surface area contributed by atoms with Gasteiger partial charge in [-0.2, -0.15) is 0 Å². The molecule has 0 aliphatic heterocycles. The summed E-state index contributed by atoms with van der Waals surface area (Å²) in [6.45, 7) is 4.82. The molecule has 1 N–H and O–H groups in total. The van der Waals surface area contributed by atoms with Crippen molar-refractivity contribution in [2.75, 3.05) is 6.54 Å². The van der Waals surface area contributed by atoms with Crippen LogP contribution in [0.4, 0.5) is 0 Å². The first-order valence-electron chi connectivity index (χ1n) is 7.46. The van der Waals surface area contributed by atoms with Crippen LogP contribution in [0.1, 0.15) is 24.2 Å². The minimum absolute atomic E-state index is 0.0551. The van der Waals surface area contributed by atoms with Crippen molar-refractivity contribution in [3.8, 4) is 11.3 Å². The average Bonchev–Trinajstić information content (AvgIpc) is 2.96. The lowest BCUT2D eigenvalue weighted by Gasteiger charge is -2.07. The van der Waals surface area contributed by atoms with Gasteiger partial charge in [0.2, 0.25) is 0 Å². The van der Waals surface area contributed by atoms with Gasteiger partial charge in [-0.25, -0.2) is 4.98 Å². The highest BCUT2D eigenvalue weighted by molar-refractivity contribution is 5.95. The Bertz CT molecular complexity index is 790. The molecule has 112 valence electrons. The SMILES string of the molecule is CC(C)CNC(=O)c1ccn2cc(-c3ccccc3)nc2c1. The van der Waals surface area contributed by atoms with Crippen molar-refractivity contribution < 1.29 is 4.79 Å². The first kappa shape index (κ1) is 14.3. The number of benzene rings is 1. The predicted molar refractivity (Wildman–Crippen MR) is 87.8 cm³/mol. The fraction of sp³-hybridized carbons (Fsp3) is 0.222. The molecule has 0 unspecified atom stereocenters. The van der Waals surface area contributed by atoms with Gasteiger partial charge in [-0.15, -0.1) is 0 Å². The monoisotopic (exact) mass is 293 g/mol. The zero-order valence-electron chi connectivity index (χ0n) is 12.8. The topological polar surface area (TPSA) is 46.4 Å². The number of amides is 1. The molecule has 0 aliphatic carbocycles. The number of carbonyl (C=O) groups excluding carboxylic acids is 1. The van der Waals surface area contributed by atoms with E-state index >= 15 is 0 Å². The third-order valence-corrected chi connectivity index (χ3v) is 3.46. The van der Waals surface area contributed by atoms with Crippen molar-refractivity contribution in [3.63, 3.8) is 0 Å². The number of hydrogen-bond acceptors (Lipinski definition) is 2. The van der Waals surface area contributed by atoms with Crippen LogP contribution in [-0.2, 0) is 0 Å². The van der Waals surface area contributed by atoms with Crippen LogP contribution in [-0.4, -0.2) is 21.8 Å². The van der Waals surface area contributed by atoms with E-state index in [4.69, 9.17) is 0 Å². The van der Waals surface area contributed by atoms with Crippen LogP contribution in [0.15, 0.2) is 54.9 Å². The molecule has 1 amide bonds. The number of nitrogens with one attached hydrogen (secondary N) is 1. The predicted octanol–water partition coefficient (Wildman–Crippen LogP) is 3.39. The number of nitrogens with zero attached hydrogens (tertiary/aromatic N) is 2. The van der Waals surface area contributed by atoms with Crippen molar-refractivity contribution in [1.29, 1.82) is 0 Å². The molecule has 2 heterocycles. The zero-order valence-corrected chi connectivity index (χ0v) is 12.8. The van der Waals surface area contributed by atoms with Gasteiger partial charge in [0.25, 0.3) is 5.91 Å². The Labute approximate surface area is 129 Å². The van der Waals surface area contributed by atoms with Crippen LogP contribution in [0.25, 0.3) is 16.9 Å². The largest absolute Gasteiger partial charge is 0.352 e. The van der Waals surface area contributed by atoms with Crippen LogP contribution in [0.2, 0.25) is 0 Å². The molecule has 0 spiro atoms. The summed E-state index contributed by atoms with van der Waals surface area (Å²) in [5.41, 5.74) is 3.38. The molecule has 3 aromatic rings. The standard InChI is InChI=1S/C18H19N3O/c1-13(2)11-19-18(22)15-8-9-21-12-16(20-17(21)10-15)14-6-4-3-5-7-14/h3-10,12-13H,11H2,1-2H3,(H,19,22). The number of imidazole rings is 1. The van der Waals surface area contributed by atoms with Crippen LogP contribution in [0, 0.1) is 5.92 Å². The zero-order chi connectivity index (χ0) is 15.5. The highest BCUT2D eigenvalue weighted by Crippen LogP contribution is 2.19. The van der Waals surface area contributed by atoms with Gasteiger partial charge in [-0.3, -0.25) is 4.79 Å². The lowest BCUT2D eigenvalue weighted by molar-refractivity contribution is 0.0949. The molecular weight excluding hydrogens is 274 g/mol. The minimum atomic E-state index is -0.0551. The quantitative estimate of drug-likeness (QED) is 0.801. The second-order valence-corrected chi connectivity index (χ2v) is 5.78. The summed E-state index contributed by atoms with van der Waals surface area (Å²) in [5.74, 6) is 0.379. The molecular formula is C18H19N3O. The smallest absolute Gasteiger partial charge is 0.251 e. The van der Waals surface area contributed by atoms with Crippen molar-refractivity contribution in [2.45, 2.75) is 13.8 Å². The lowest BCUT2D eigenvalue weighted by Crippen LogP contribution is -2.27. The fourth-order valence-corrected chi connectivity index (χ4v) is 2.27. The van der Waals surface area contributed by atoms with E-state index in [1.807, 2.05) is 59.3 Å². The average molecular weight is 293 g/mol. The van der Waals surface area contributed by atoms with E-state index in [1.165, 1.54) is 0 Å². The molecule has 3 rings (SSSR count). The van der Waals surface area contributed by atoms with E-state index in [0.717, 1.165) is 16.9 Å². The number of pyridine rings is 1. The molecule has 22 heavy (non-hydrogen) atoms. The summed E-state index contributed by atoms with van der Waals surface area (Å²) >= 11 is 0. The summed E-state index contributed by atoms with van der Waals surface area (Å²) in [5, 5.41) is 2.93. The maximum Gasteiger partial charge on any atom is 0.251 e. The highest BCUT2D eigenvalue weighted by Gasteiger charge is 2.09. The Morgan fingerprint density at radius 2 is 2.00 bits per heavy atom. The molecule has 0 saturated carbocycles. The molecule has 0 radical (unpaired) electrons. The maximum atomic E-state index is 12.1. The van der Waals surface area contributed by atoms with E-state index in [2.05, 4.69) is 24.1 Å². The van der Waals surface area contributed by atoms with Crippen LogP contribution in [0.3, 0.4) is 0 Å². The molecule has 0 bridgehead atoms. The highest BCUT2D eigenvalue weighted by atomic mass is 16.1. The third kappa shape index (κ3) is 3.01. The maximum absolute atomic E-state index is 12.1. The van der Waals surface area contributed by atoms with Crippen molar-refractivity contribution in [1.82, 2.24) is 14.7 Å². The number of aromatic nitrogens is 2.